The predicted octanol–water partition coefficient (Wildman–Crippen LogP) is 4.77. The van der Waals surface area contributed by atoms with Crippen molar-refractivity contribution < 1.29 is 9.90 Å². The zero-order valence-electron chi connectivity index (χ0n) is 18.3. The summed E-state index contributed by atoms with van der Waals surface area (Å²) in [5, 5.41) is 24.7. The van der Waals surface area contributed by atoms with Crippen LogP contribution in [0.5, 0.6) is 0 Å². The van der Waals surface area contributed by atoms with Gasteiger partial charge in [-0.1, -0.05) is 23.2 Å². The quantitative estimate of drug-likeness (QED) is 0.379. The lowest BCUT2D eigenvalue weighted by Gasteiger charge is -2.33. The van der Waals surface area contributed by atoms with Crippen molar-refractivity contribution in [1.82, 2.24) is 19.6 Å². The number of piperidine rings is 1. The first-order valence-electron chi connectivity index (χ1n) is 10.8. The molecule has 1 saturated heterocycles. The van der Waals surface area contributed by atoms with Crippen molar-refractivity contribution in [1.29, 1.82) is 5.26 Å². The minimum absolute atomic E-state index is 0.0664. The molecule has 0 saturated carbocycles. The Hall–Kier alpha value is -3.39. The summed E-state index contributed by atoms with van der Waals surface area (Å²) < 4.78 is 1.54. The number of benzene rings is 1. The fourth-order valence-electron chi connectivity index (χ4n) is 4.36. The number of halogens is 2. The molecule has 0 amide bonds. The molecule has 1 atom stereocenters. The minimum Gasteiger partial charge on any atom is -0.476 e. The Bertz CT molecular complexity index is 1490. The third-order valence-corrected chi connectivity index (χ3v) is 7.49. The molecule has 1 aliphatic heterocycles. The molecule has 0 bridgehead atoms. The highest BCUT2D eigenvalue weighted by molar-refractivity contribution is 7.12. The standard InChI is InChI=1S/C23H19Cl2N7O2S/c24-13-3-4-14(15(25)7-13)17-11-32-18(8-16(30-32)23(33)34)22(28-17)31-5-1-2-12(10-31)6-20-29-21(27)19(9-26)35-20/h3-4,7-8,11-12H,1-2,5-6,10,27H2,(H,33,34). The normalized spacial score (nSPS) is 15.9. The van der Waals surface area contributed by atoms with Crippen LogP contribution in [0.25, 0.3) is 16.8 Å². The molecular formula is C23H19Cl2N7O2S. The maximum absolute atomic E-state index is 11.6. The van der Waals surface area contributed by atoms with E-state index < -0.39 is 5.97 Å². The van der Waals surface area contributed by atoms with Crippen LogP contribution in [0.15, 0.2) is 30.5 Å². The number of fused-ring (bicyclic) bond motifs is 1. The van der Waals surface area contributed by atoms with Gasteiger partial charge in [-0.15, -0.1) is 11.3 Å². The number of aromatic nitrogens is 4. The molecule has 4 heterocycles. The number of hydrogen-bond acceptors (Lipinski definition) is 8. The van der Waals surface area contributed by atoms with Gasteiger partial charge in [0.2, 0.25) is 0 Å². The predicted molar refractivity (Wildman–Crippen MR) is 135 cm³/mol. The molecule has 1 aromatic carbocycles. The van der Waals surface area contributed by atoms with E-state index in [2.05, 4.69) is 21.1 Å². The van der Waals surface area contributed by atoms with Crippen molar-refractivity contribution in [3.63, 3.8) is 0 Å². The van der Waals surface area contributed by atoms with Crippen LogP contribution >= 0.6 is 34.5 Å². The van der Waals surface area contributed by atoms with Crippen molar-refractivity contribution in [2.45, 2.75) is 19.3 Å². The Kier molecular flexibility index (Phi) is 6.23. The van der Waals surface area contributed by atoms with Crippen LogP contribution in [0.3, 0.4) is 0 Å². The summed E-state index contributed by atoms with van der Waals surface area (Å²) in [7, 11) is 0. The molecule has 9 nitrogen and oxygen atoms in total. The van der Waals surface area contributed by atoms with Gasteiger partial charge in [0.1, 0.15) is 16.5 Å². The summed E-state index contributed by atoms with van der Waals surface area (Å²) in [6, 6.07) is 8.76. The van der Waals surface area contributed by atoms with E-state index in [1.54, 1.807) is 24.4 Å². The van der Waals surface area contributed by atoms with Gasteiger partial charge in [-0.05, 0) is 37.0 Å². The number of anilines is 2. The molecule has 1 unspecified atom stereocenters. The number of nitrogens with zero attached hydrogens (tertiary/aromatic N) is 6. The molecule has 178 valence electrons. The summed E-state index contributed by atoms with van der Waals surface area (Å²) in [5.74, 6) is 0.0652. The highest BCUT2D eigenvalue weighted by atomic mass is 35.5. The van der Waals surface area contributed by atoms with E-state index in [0.717, 1.165) is 24.4 Å². The van der Waals surface area contributed by atoms with E-state index in [1.165, 1.54) is 21.9 Å². The first-order valence-corrected chi connectivity index (χ1v) is 12.4. The molecule has 0 aliphatic carbocycles. The molecule has 5 rings (SSSR count). The summed E-state index contributed by atoms with van der Waals surface area (Å²) in [6.07, 6.45) is 4.29. The lowest BCUT2D eigenvalue weighted by Crippen LogP contribution is -2.37. The molecule has 1 aliphatic rings. The second kappa shape index (κ2) is 9.34. The minimum atomic E-state index is -1.11. The number of carboxylic acids is 1. The average Bonchev–Trinajstić information content (AvgIpc) is 3.41. The summed E-state index contributed by atoms with van der Waals surface area (Å²) >= 11 is 13.8. The number of carbonyl (C=O) groups is 1. The number of carboxylic acid groups (broad SMARTS) is 1. The molecular weight excluding hydrogens is 509 g/mol. The van der Waals surface area contributed by atoms with Crippen LogP contribution in [0.1, 0.15) is 33.2 Å². The Morgan fingerprint density at radius 1 is 1.31 bits per heavy atom. The van der Waals surface area contributed by atoms with Crippen LogP contribution in [-0.4, -0.2) is 43.7 Å². The Morgan fingerprint density at radius 2 is 2.14 bits per heavy atom. The second-order valence-corrected chi connectivity index (χ2v) is 10.3. The molecule has 0 spiro atoms. The van der Waals surface area contributed by atoms with Crippen molar-refractivity contribution in [2.24, 2.45) is 5.92 Å². The number of hydrogen-bond donors (Lipinski definition) is 2. The maximum atomic E-state index is 11.6. The number of thiazole rings is 1. The van der Waals surface area contributed by atoms with Gasteiger partial charge in [-0.3, -0.25) is 0 Å². The maximum Gasteiger partial charge on any atom is 0.356 e. The van der Waals surface area contributed by atoms with E-state index in [9.17, 15) is 15.2 Å². The molecule has 12 heteroatoms. The van der Waals surface area contributed by atoms with E-state index in [1.807, 2.05) is 0 Å². The number of aromatic carboxylic acids is 1. The van der Waals surface area contributed by atoms with Crippen molar-refractivity contribution in [3.05, 3.63) is 56.1 Å². The third-order valence-electron chi connectivity index (χ3n) is 5.94. The van der Waals surface area contributed by atoms with Gasteiger partial charge in [-0.25, -0.2) is 19.3 Å². The Balaban J connectivity index is 1.53. The summed E-state index contributed by atoms with van der Waals surface area (Å²) in [6.45, 7) is 1.45. The number of nitrogens with two attached hydrogens (primary N) is 1. The van der Waals surface area contributed by atoms with Crippen LogP contribution in [0, 0.1) is 17.2 Å². The Morgan fingerprint density at radius 3 is 2.86 bits per heavy atom. The highest BCUT2D eigenvalue weighted by Gasteiger charge is 2.26. The van der Waals surface area contributed by atoms with Gasteiger partial charge < -0.3 is 15.7 Å². The molecule has 4 aromatic rings. The first-order chi connectivity index (χ1) is 16.8. The van der Waals surface area contributed by atoms with E-state index in [-0.39, 0.29) is 17.4 Å². The van der Waals surface area contributed by atoms with Crippen LogP contribution in [-0.2, 0) is 6.42 Å². The first kappa shape index (κ1) is 23.4. The lowest BCUT2D eigenvalue weighted by molar-refractivity contribution is 0.0690. The van der Waals surface area contributed by atoms with E-state index in [4.69, 9.17) is 33.9 Å². The van der Waals surface area contributed by atoms with Crippen LogP contribution in [0.2, 0.25) is 10.0 Å². The molecule has 3 aromatic heterocycles. The molecule has 1 fully saturated rings. The topological polar surface area (TPSA) is 133 Å². The van der Waals surface area contributed by atoms with Gasteiger partial charge in [0.25, 0.3) is 0 Å². The largest absolute Gasteiger partial charge is 0.476 e. The second-order valence-electron chi connectivity index (χ2n) is 8.33. The van der Waals surface area contributed by atoms with Crippen molar-refractivity contribution >= 4 is 57.7 Å². The smallest absolute Gasteiger partial charge is 0.356 e. The Labute approximate surface area is 214 Å². The van der Waals surface area contributed by atoms with Crippen molar-refractivity contribution in [2.75, 3.05) is 23.7 Å². The SMILES string of the molecule is N#Cc1sc(CC2CCCN(c3nc(-c4ccc(Cl)cc4Cl)cn4nc(C(=O)O)cc34)C2)nc1N. The zero-order chi connectivity index (χ0) is 24.7. The van der Waals surface area contributed by atoms with Crippen molar-refractivity contribution in [3.8, 4) is 17.3 Å². The monoisotopic (exact) mass is 527 g/mol. The van der Waals surface area contributed by atoms with Gasteiger partial charge in [-0.2, -0.15) is 10.4 Å². The zero-order valence-corrected chi connectivity index (χ0v) is 20.6. The van der Waals surface area contributed by atoms with Crippen LogP contribution < -0.4 is 10.6 Å². The van der Waals surface area contributed by atoms with Crippen LogP contribution in [0.4, 0.5) is 11.6 Å². The number of nitrogen functional groups attached to an aromatic ring is 1. The average molecular weight is 528 g/mol. The van der Waals surface area contributed by atoms with Gasteiger partial charge >= 0.3 is 5.97 Å². The van der Waals surface area contributed by atoms with E-state index in [0.29, 0.717) is 50.5 Å². The number of rotatable bonds is 5. The highest BCUT2D eigenvalue weighted by Crippen LogP contribution is 2.34. The third kappa shape index (κ3) is 4.62. The van der Waals surface area contributed by atoms with Gasteiger partial charge in [0, 0.05) is 36.2 Å². The molecule has 3 N–H and O–H groups in total. The van der Waals surface area contributed by atoms with Gasteiger partial charge in [0.15, 0.2) is 17.3 Å². The summed E-state index contributed by atoms with van der Waals surface area (Å²) in [5.41, 5.74) is 7.60. The van der Waals surface area contributed by atoms with E-state index >= 15 is 0 Å². The molecule has 0 radical (unpaired) electrons. The number of nitriles is 1. The fraction of sp³-hybridized carbons (Fsp3) is 0.261. The fourth-order valence-corrected chi connectivity index (χ4v) is 5.76. The lowest BCUT2D eigenvalue weighted by atomic mass is 9.95. The molecule has 35 heavy (non-hydrogen) atoms. The van der Waals surface area contributed by atoms with Gasteiger partial charge in [0.05, 0.1) is 21.9 Å². The summed E-state index contributed by atoms with van der Waals surface area (Å²) in [4.78, 5) is 23.5.